The fraction of sp³-hybridized carbons (Fsp3) is 0.154. The maximum Gasteiger partial charge on any atom is 0.348 e. The van der Waals surface area contributed by atoms with E-state index in [1.165, 1.54) is 30.6 Å². The van der Waals surface area contributed by atoms with Gasteiger partial charge in [0.2, 0.25) is 0 Å². The molecule has 18 heavy (non-hydrogen) atoms. The lowest BCUT2D eigenvalue weighted by molar-refractivity contribution is 0.0606. The van der Waals surface area contributed by atoms with E-state index in [4.69, 9.17) is 4.74 Å². The van der Waals surface area contributed by atoms with Crippen molar-refractivity contribution in [2.75, 3.05) is 7.11 Å². The molecule has 0 atom stereocenters. The molecule has 1 aliphatic rings. The lowest BCUT2D eigenvalue weighted by Gasteiger charge is -2.15. The van der Waals surface area contributed by atoms with Gasteiger partial charge in [0.05, 0.1) is 7.11 Å². The Balaban J connectivity index is 2.14. The molecule has 2 heterocycles. The van der Waals surface area contributed by atoms with Gasteiger partial charge in [-0.2, -0.15) is 0 Å². The molecule has 5 heteroatoms. The van der Waals surface area contributed by atoms with Crippen LogP contribution in [0.1, 0.15) is 15.2 Å². The van der Waals surface area contributed by atoms with E-state index in [0.29, 0.717) is 4.88 Å². The summed E-state index contributed by atoms with van der Waals surface area (Å²) in [6.45, 7) is 0. The minimum Gasteiger partial charge on any atom is -0.465 e. The Labute approximate surface area is 112 Å². The van der Waals surface area contributed by atoms with Crippen LogP contribution in [0.15, 0.2) is 29.2 Å². The molecule has 3 rings (SSSR count). The first-order valence-electron chi connectivity index (χ1n) is 5.33. The van der Waals surface area contributed by atoms with E-state index in [2.05, 4.69) is 0 Å². The molecule has 1 aromatic heterocycles. The number of thioether (sulfide) groups is 1. The highest BCUT2D eigenvalue weighted by Crippen LogP contribution is 2.45. The average Bonchev–Trinajstić information content (AvgIpc) is 2.82. The van der Waals surface area contributed by atoms with E-state index in [0.717, 1.165) is 26.7 Å². The SMILES string of the molecule is COC(=O)c1cc2c(s1)-c1cc(F)ccc1SC2. The smallest absolute Gasteiger partial charge is 0.348 e. The third kappa shape index (κ3) is 1.83. The molecule has 0 amide bonds. The zero-order valence-electron chi connectivity index (χ0n) is 9.53. The first-order chi connectivity index (χ1) is 8.69. The molecule has 0 bridgehead atoms. The Morgan fingerprint density at radius 2 is 2.22 bits per heavy atom. The van der Waals surface area contributed by atoms with Crippen molar-refractivity contribution in [3.63, 3.8) is 0 Å². The Morgan fingerprint density at radius 1 is 1.39 bits per heavy atom. The molecule has 0 fully saturated rings. The zero-order valence-corrected chi connectivity index (χ0v) is 11.2. The predicted molar refractivity (Wildman–Crippen MR) is 70.6 cm³/mol. The van der Waals surface area contributed by atoms with E-state index in [9.17, 15) is 9.18 Å². The summed E-state index contributed by atoms with van der Waals surface area (Å²) in [7, 11) is 1.36. The Morgan fingerprint density at radius 3 is 3.00 bits per heavy atom. The number of fused-ring (bicyclic) bond motifs is 3. The molecular weight excluding hydrogens is 271 g/mol. The van der Waals surface area contributed by atoms with Crippen LogP contribution in [0.5, 0.6) is 0 Å². The average molecular weight is 280 g/mol. The summed E-state index contributed by atoms with van der Waals surface area (Å²) >= 11 is 3.03. The topological polar surface area (TPSA) is 26.3 Å². The van der Waals surface area contributed by atoms with Gasteiger partial charge in [0, 0.05) is 21.1 Å². The molecule has 0 radical (unpaired) electrons. The molecule has 0 spiro atoms. The van der Waals surface area contributed by atoms with Crippen molar-refractivity contribution in [2.45, 2.75) is 10.6 Å². The second kappa shape index (κ2) is 4.40. The molecule has 0 saturated carbocycles. The third-order valence-electron chi connectivity index (χ3n) is 2.76. The van der Waals surface area contributed by atoms with Gasteiger partial charge in [-0.3, -0.25) is 0 Å². The molecular formula is C13H9FO2S2. The number of ether oxygens (including phenoxy) is 1. The van der Waals surface area contributed by atoms with E-state index < -0.39 is 0 Å². The van der Waals surface area contributed by atoms with Crippen molar-refractivity contribution in [3.05, 3.63) is 40.5 Å². The molecule has 0 N–H and O–H groups in total. The Hall–Kier alpha value is -1.33. The van der Waals surface area contributed by atoms with Crippen molar-refractivity contribution in [2.24, 2.45) is 0 Å². The molecule has 2 aromatic rings. The van der Waals surface area contributed by atoms with Crippen molar-refractivity contribution in [1.82, 2.24) is 0 Å². The number of thiophene rings is 1. The standard InChI is InChI=1S/C13H9FO2S2/c1-16-13(15)11-4-7-6-17-10-3-2-8(14)5-9(10)12(7)18-11/h2-5H,6H2,1H3. The molecule has 1 aromatic carbocycles. The highest BCUT2D eigenvalue weighted by molar-refractivity contribution is 7.98. The fourth-order valence-electron chi connectivity index (χ4n) is 1.93. The number of hydrogen-bond acceptors (Lipinski definition) is 4. The van der Waals surface area contributed by atoms with E-state index >= 15 is 0 Å². The summed E-state index contributed by atoms with van der Waals surface area (Å²) in [6.07, 6.45) is 0. The van der Waals surface area contributed by atoms with Gasteiger partial charge >= 0.3 is 5.97 Å². The Kier molecular flexibility index (Phi) is 2.87. The largest absolute Gasteiger partial charge is 0.465 e. The number of carbonyl (C=O) groups is 1. The second-order valence-corrected chi connectivity index (χ2v) is 5.96. The molecule has 2 nitrogen and oxygen atoms in total. The number of carbonyl (C=O) groups excluding carboxylic acids is 1. The lowest BCUT2D eigenvalue weighted by atomic mass is 10.1. The monoisotopic (exact) mass is 280 g/mol. The van der Waals surface area contributed by atoms with Gasteiger partial charge in [-0.25, -0.2) is 9.18 Å². The summed E-state index contributed by atoms with van der Waals surface area (Å²) in [5.74, 6) is 0.217. The van der Waals surface area contributed by atoms with Gasteiger partial charge in [0.25, 0.3) is 0 Å². The van der Waals surface area contributed by atoms with Gasteiger partial charge in [-0.15, -0.1) is 23.1 Å². The van der Waals surface area contributed by atoms with E-state index in [1.807, 2.05) is 6.07 Å². The highest BCUT2D eigenvalue weighted by Gasteiger charge is 2.22. The summed E-state index contributed by atoms with van der Waals surface area (Å²) in [5, 5.41) is 0. The van der Waals surface area contributed by atoms with Gasteiger partial charge in [0.15, 0.2) is 0 Å². The first-order valence-corrected chi connectivity index (χ1v) is 7.13. The normalized spacial score (nSPS) is 12.8. The molecule has 0 unspecified atom stereocenters. The van der Waals surface area contributed by atoms with Crippen LogP contribution in [0.3, 0.4) is 0 Å². The van der Waals surface area contributed by atoms with Gasteiger partial charge in [0.1, 0.15) is 10.7 Å². The minimum atomic E-state index is -0.336. The van der Waals surface area contributed by atoms with Crippen molar-refractivity contribution < 1.29 is 13.9 Å². The summed E-state index contributed by atoms with van der Waals surface area (Å²) < 4.78 is 18.0. The number of rotatable bonds is 1. The molecule has 92 valence electrons. The summed E-state index contributed by atoms with van der Waals surface area (Å²) in [6, 6.07) is 6.62. The Bertz CT molecular complexity index is 634. The van der Waals surface area contributed by atoms with Crippen LogP contribution < -0.4 is 0 Å². The van der Waals surface area contributed by atoms with Gasteiger partial charge in [-0.05, 0) is 29.8 Å². The number of methoxy groups -OCH3 is 1. The summed E-state index contributed by atoms with van der Waals surface area (Å²) in [4.78, 5) is 14.1. The van der Waals surface area contributed by atoms with Crippen molar-refractivity contribution >= 4 is 29.1 Å². The van der Waals surface area contributed by atoms with Gasteiger partial charge < -0.3 is 4.74 Å². The van der Waals surface area contributed by atoms with Crippen LogP contribution in [-0.2, 0) is 10.5 Å². The van der Waals surface area contributed by atoms with E-state index in [-0.39, 0.29) is 11.8 Å². The first kappa shape index (κ1) is 11.7. The van der Waals surface area contributed by atoms with Crippen LogP contribution in [0.2, 0.25) is 0 Å². The maximum absolute atomic E-state index is 13.3. The summed E-state index contributed by atoms with van der Waals surface area (Å²) in [5.41, 5.74) is 1.95. The predicted octanol–water partition coefficient (Wildman–Crippen LogP) is 3.95. The van der Waals surface area contributed by atoms with Gasteiger partial charge in [-0.1, -0.05) is 0 Å². The number of halogens is 1. The van der Waals surface area contributed by atoms with Crippen LogP contribution in [0.25, 0.3) is 10.4 Å². The number of hydrogen-bond donors (Lipinski definition) is 0. The molecule has 0 saturated heterocycles. The zero-order chi connectivity index (χ0) is 12.7. The van der Waals surface area contributed by atoms with E-state index in [1.54, 1.807) is 17.8 Å². The fourth-order valence-corrected chi connectivity index (χ4v) is 4.23. The van der Waals surface area contributed by atoms with Crippen molar-refractivity contribution in [1.29, 1.82) is 0 Å². The van der Waals surface area contributed by atoms with Crippen LogP contribution in [0.4, 0.5) is 4.39 Å². The maximum atomic E-state index is 13.3. The lowest BCUT2D eigenvalue weighted by Crippen LogP contribution is -1.97. The molecule has 0 aliphatic carbocycles. The number of esters is 1. The quantitative estimate of drug-likeness (QED) is 0.740. The van der Waals surface area contributed by atoms with Crippen LogP contribution >= 0.6 is 23.1 Å². The van der Waals surface area contributed by atoms with Crippen LogP contribution in [0, 0.1) is 5.82 Å². The highest BCUT2D eigenvalue weighted by atomic mass is 32.2. The second-order valence-electron chi connectivity index (χ2n) is 3.89. The van der Waals surface area contributed by atoms with Crippen molar-refractivity contribution in [3.8, 4) is 10.4 Å². The third-order valence-corrected chi connectivity index (χ3v) is 5.08. The van der Waals surface area contributed by atoms with Crippen LogP contribution in [-0.4, -0.2) is 13.1 Å². The minimum absolute atomic E-state index is 0.254. The molecule has 1 aliphatic heterocycles. The number of benzene rings is 1.